The lowest BCUT2D eigenvalue weighted by atomic mass is 9.85. The molecule has 4 unspecified atom stereocenters. The van der Waals surface area contributed by atoms with Crippen molar-refractivity contribution in [2.45, 2.75) is 37.3 Å². The topological polar surface area (TPSA) is 24.9 Å². The maximum atomic E-state index is 4.34. The summed E-state index contributed by atoms with van der Waals surface area (Å²) in [5, 5.41) is 3.66. The fraction of sp³-hybridized carbons (Fsp3) is 0.545. The van der Waals surface area contributed by atoms with Crippen molar-refractivity contribution in [3.63, 3.8) is 0 Å². The van der Waals surface area contributed by atoms with Crippen molar-refractivity contribution in [1.29, 1.82) is 0 Å². The minimum absolute atomic E-state index is 0.715. The van der Waals surface area contributed by atoms with Crippen LogP contribution in [0.25, 0.3) is 0 Å². The number of aromatic nitrogens is 1. The Morgan fingerprint density at radius 2 is 2.29 bits per heavy atom. The Balaban J connectivity index is 1.86. The molecule has 2 bridgehead atoms. The van der Waals surface area contributed by atoms with Crippen molar-refractivity contribution < 1.29 is 0 Å². The maximum absolute atomic E-state index is 4.34. The van der Waals surface area contributed by atoms with Gasteiger partial charge in [0.25, 0.3) is 0 Å². The summed E-state index contributed by atoms with van der Waals surface area (Å²) < 4.78 is 0. The molecule has 2 aliphatic rings. The highest BCUT2D eigenvalue weighted by atomic mass is 31.0. The molecule has 0 saturated carbocycles. The molecule has 1 aromatic rings. The van der Waals surface area contributed by atoms with Gasteiger partial charge in [0, 0.05) is 24.2 Å². The van der Waals surface area contributed by atoms with Crippen molar-refractivity contribution >= 4 is 14.7 Å². The molecule has 0 radical (unpaired) electrons. The lowest BCUT2D eigenvalue weighted by Crippen LogP contribution is -2.21. The molecule has 1 N–H and O–H groups in total. The molecule has 2 fully saturated rings. The molecule has 0 amide bonds. The van der Waals surface area contributed by atoms with E-state index in [9.17, 15) is 0 Å². The van der Waals surface area contributed by atoms with E-state index in [1.54, 1.807) is 0 Å². The van der Waals surface area contributed by atoms with Crippen LogP contribution in [0.5, 0.6) is 0 Å². The lowest BCUT2D eigenvalue weighted by Gasteiger charge is -2.19. The molecule has 0 spiro atoms. The number of rotatable bonds is 1. The molecule has 4 atom stereocenters. The monoisotopic (exact) mass is 206 g/mol. The summed E-state index contributed by atoms with van der Waals surface area (Å²) in [5.41, 5.74) is 2.45. The third kappa shape index (κ3) is 1.37. The van der Waals surface area contributed by atoms with Crippen LogP contribution in [-0.2, 0) is 0 Å². The van der Waals surface area contributed by atoms with Crippen LogP contribution in [0.4, 0.5) is 0 Å². The first-order valence-electron chi connectivity index (χ1n) is 5.30. The summed E-state index contributed by atoms with van der Waals surface area (Å²) in [6.07, 6.45) is 6.06. The van der Waals surface area contributed by atoms with Gasteiger partial charge in [0.2, 0.25) is 0 Å². The van der Waals surface area contributed by atoms with E-state index in [0.29, 0.717) is 5.92 Å². The Morgan fingerprint density at radius 1 is 1.36 bits per heavy atom. The van der Waals surface area contributed by atoms with Gasteiger partial charge in [-0.05, 0) is 30.9 Å². The average molecular weight is 206 g/mol. The van der Waals surface area contributed by atoms with Gasteiger partial charge in [-0.1, -0.05) is 15.3 Å². The number of hydrogen-bond acceptors (Lipinski definition) is 2. The van der Waals surface area contributed by atoms with Crippen LogP contribution in [0.1, 0.15) is 30.7 Å². The van der Waals surface area contributed by atoms with Gasteiger partial charge in [-0.3, -0.25) is 4.98 Å². The summed E-state index contributed by atoms with van der Waals surface area (Å²) in [7, 11) is 2.63. The number of hydrogen-bond donors (Lipinski definition) is 1. The first-order chi connectivity index (χ1) is 6.83. The minimum Gasteiger partial charge on any atom is -0.311 e. The van der Waals surface area contributed by atoms with Crippen LogP contribution < -0.4 is 10.8 Å². The summed E-state index contributed by atoms with van der Waals surface area (Å²) in [6.45, 7) is 0. The first-order valence-corrected chi connectivity index (χ1v) is 5.88. The van der Waals surface area contributed by atoms with Crippen LogP contribution in [0, 0.1) is 0 Å². The number of pyridine rings is 1. The fourth-order valence-electron chi connectivity index (χ4n) is 2.83. The van der Waals surface area contributed by atoms with E-state index < -0.39 is 0 Å². The van der Waals surface area contributed by atoms with Crippen LogP contribution in [0.2, 0.25) is 0 Å². The highest BCUT2D eigenvalue weighted by Gasteiger charge is 2.39. The molecular weight excluding hydrogens is 191 g/mol. The summed E-state index contributed by atoms with van der Waals surface area (Å²) in [4.78, 5) is 4.34. The lowest BCUT2D eigenvalue weighted by molar-refractivity contribution is 0.505. The zero-order valence-electron chi connectivity index (χ0n) is 8.11. The standard InChI is InChI=1S/C11H15N2P/c14-11-4-1-7(6-12-11)9-5-8-2-3-10(9)13-8/h1,4,6,8-10,13H,2-3,5,14H2. The van der Waals surface area contributed by atoms with Gasteiger partial charge in [0.1, 0.15) is 0 Å². The highest BCUT2D eigenvalue weighted by molar-refractivity contribution is 7.26. The van der Waals surface area contributed by atoms with E-state index in [1.165, 1.54) is 24.8 Å². The van der Waals surface area contributed by atoms with Gasteiger partial charge < -0.3 is 5.32 Å². The Kier molecular flexibility index (Phi) is 2.07. The van der Waals surface area contributed by atoms with E-state index in [0.717, 1.165) is 17.5 Å². The van der Waals surface area contributed by atoms with Gasteiger partial charge >= 0.3 is 0 Å². The molecule has 74 valence electrons. The Hall–Kier alpha value is -0.460. The van der Waals surface area contributed by atoms with Crippen LogP contribution >= 0.6 is 9.24 Å². The molecule has 2 saturated heterocycles. The van der Waals surface area contributed by atoms with Crippen molar-refractivity contribution in [3.05, 3.63) is 23.9 Å². The second-order valence-electron chi connectivity index (χ2n) is 4.41. The molecule has 3 rings (SSSR count). The SMILES string of the molecule is Pc1ccc(C2CC3CCC2N3)cn1. The van der Waals surface area contributed by atoms with E-state index >= 15 is 0 Å². The van der Waals surface area contributed by atoms with Gasteiger partial charge in [0.05, 0.1) is 5.44 Å². The van der Waals surface area contributed by atoms with E-state index in [1.807, 2.05) is 6.20 Å². The molecule has 1 aromatic heterocycles. The van der Waals surface area contributed by atoms with Crippen molar-refractivity contribution in [2.24, 2.45) is 0 Å². The van der Waals surface area contributed by atoms with E-state index in [-0.39, 0.29) is 0 Å². The quantitative estimate of drug-likeness (QED) is 0.698. The zero-order valence-corrected chi connectivity index (χ0v) is 9.26. The van der Waals surface area contributed by atoms with Gasteiger partial charge in [-0.15, -0.1) is 0 Å². The van der Waals surface area contributed by atoms with E-state index in [4.69, 9.17) is 0 Å². The predicted octanol–water partition coefficient (Wildman–Crippen LogP) is 1.19. The Bertz CT molecular complexity index is 336. The maximum Gasteiger partial charge on any atom is 0.0569 e. The minimum atomic E-state index is 0.715. The number of fused-ring (bicyclic) bond motifs is 2. The predicted molar refractivity (Wildman–Crippen MR) is 60.9 cm³/mol. The highest BCUT2D eigenvalue weighted by Crippen LogP contribution is 2.39. The number of nitrogens with zero attached hydrogens (tertiary/aromatic N) is 1. The summed E-state index contributed by atoms with van der Waals surface area (Å²) in [5.74, 6) is 0.715. The van der Waals surface area contributed by atoms with Crippen LogP contribution in [0.3, 0.4) is 0 Å². The smallest absolute Gasteiger partial charge is 0.0569 e. The summed E-state index contributed by atoms with van der Waals surface area (Å²) >= 11 is 0. The Morgan fingerprint density at radius 3 is 2.86 bits per heavy atom. The molecule has 3 heteroatoms. The van der Waals surface area contributed by atoms with Crippen molar-refractivity contribution in [3.8, 4) is 0 Å². The first kappa shape index (κ1) is 8.82. The second-order valence-corrected chi connectivity index (χ2v) is 5.00. The number of nitrogens with one attached hydrogen (secondary N) is 1. The molecular formula is C11H15N2P. The van der Waals surface area contributed by atoms with Crippen LogP contribution in [-0.4, -0.2) is 17.1 Å². The van der Waals surface area contributed by atoms with Gasteiger partial charge in [-0.25, -0.2) is 0 Å². The largest absolute Gasteiger partial charge is 0.311 e. The summed E-state index contributed by atoms with van der Waals surface area (Å²) in [6, 6.07) is 5.81. The van der Waals surface area contributed by atoms with Gasteiger partial charge in [0.15, 0.2) is 0 Å². The molecule has 0 aliphatic carbocycles. The molecule has 2 aliphatic heterocycles. The fourth-order valence-corrected chi connectivity index (χ4v) is 3.00. The third-order valence-electron chi connectivity index (χ3n) is 3.54. The van der Waals surface area contributed by atoms with Gasteiger partial charge in [-0.2, -0.15) is 0 Å². The van der Waals surface area contributed by atoms with Crippen LogP contribution in [0.15, 0.2) is 18.3 Å². The third-order valence-corrected chi connectivity index (χ3v) is 3.88. The zero-order chi connectivity index (χ0) is 9.54. The molecule has 0 aromatic carbocycles. The van der Waals surface area contributed by atoms with Crippen molar-refractivity contribution in [1.82, 2.24) is 10.3 Å². The molecule has 3 heterocycles. The average Bonchev–Trinajstić information content (AvgIpc) is 2.80. The normalized spacial score (nSPS) is 35.1. The van der Waals surface area contributed by atoms with E-state index in [2.05, 4.69) is 31.7 Å². The molecule has 14 heavy (non-hydrogen) atoms. The second kappa shape index (κ2) is 3.29. The molecule has 2 nitrogen and oxygen atoms in total. The van der Waals surface area contributed by atoms with Crippen molar-refractivity contribution in [2.75, 3.05) is 0 Å². The Labute approximate surface area is 86.7 Å².